The van der Waals surface area contributed by atoms with E-state index >= 15 is 0 Å². The summed E-state index contributed by atoms with van der Waals surface area (Å²) >= 11 is 0. The zero-order chi connectivity index (χ0) is 34.2. The minimum Gasteiger partial charge on any atom is -0.455 e. The molecule has 6 heteroatoms. The van der Waals surface area contributed by atoms with Crippen molar-refractivity contribution in [1.82, 2.24) is 19.9 Å². The molecule has 242 valence electrons. The second kappa shape index (κ2) is 11.2. The van der Waals surface area contributed by atoms with Gasteiger partial charge in [-0.05, 0) is 52.7 Å². The summed E-state index contributed by atoms with van der Waals surface area (Å²) in [6, 6.07) is 53.5. The minimum atomic E-state index is 0.526. The van der Waals surface area contributed by atoms with Gasteiger partial charge >= 0.3 is 0 Å². The lowest BCUT2D eigenvalue weighted by Gasteiger charge is -2.11. The second-order valence-electron chi connectivity index (χ2n) is 13.0. The van der Waals surface area contributed by atoms with Crippen LogP contribution in [0, 0.1) is 0 Å². The van der Waals surface area contributed by atoms with Crippen molar-refractivity contribution in [3.8, 4) is 45.3 Å². The minimum absolute atomic E-state index is 0.526. The number of fused-ring (bicyclic) bond motifs is 8. The first-order valence-electron chi connectivity index (χ1n) is 17.2. The molecule has 0 amide bonds. The van der Waals surface area contributed by atoms with Crippen molar-refractivity contribution < 1.29 is 8.83 Å². The Balaban J connectivity index is 1.23. The van der Waals surface area contributed by atoms with Gasteiger partial charge in [0, 0.05) is 38.4 Å². The van der Waals surface area contributed by atoms with Gasteiger partial charge in [-0.25, -0.2) is 19.9 Å². The normalized spacial score (nSPS) is 11.8. The first-order chi connectivity index (χ1) is 25.7. The molecular formula is C46H26N4O2. The Morgan fingerprint density at radius 1 is 0.365 bits per heavy atom. The SMILES string of the molecule is c1ccc(-c2nc(-c3ccc4ccccc4c3)nc(-c3cc(-c4cccc5c4oc4ccccc45)cc4oc5cc6ccccc6nc5c34)n2)cc1. The number of hydrogen-bond donors (Lipinski definition) is 0. The van der Waals surface area contributed by atoms with E-state index in [1.54, 1.807) is 0 Å². The summed E-state index contributed by atoms with van der Waals surface area (Å²) in [7, 11) is 0. The Hall–Kier alpha value is -7.18. The number of rotatable bonds is 4. The highest BCUT2D eigenvalue weighted by atomic mass is 16.3. The molecule has 0 saturated carbocycles. The molecule has 0 bridgehead atoms. The highest BCUT2D eigenvalue weighted by Gasteiger charge is 2.22. The van der Waals surface area contributed by atoms with Crippen molar-refractivity contribution in [1.29, 1.82) is 0 Å². The molecule has 52 heavy (non-hydrogen) atoms. The largest absolute Gasteiger partial charge is 0.455 e. The number of nitrogens with zero attached hydrogens (tertiary/aromatic N) is 4. The fraction of sp³-hybridized carbons (Fsp3) is 0. The zero-order valence-corrected chi connectivity index (χ0v) is 27.6. The summed E-state index contributed by atoms with van der Waals surface area (Å²) in [5.74, 6) is 1.69. The standard InChI is InChI=1S/C46H26N4O2/c1-2-12-28(13-3-1)44-48-45(31-22-21-27-11-4-5-14-29(27)23-31)50-46(49-44)36-24-32(33-17-10-18-35-34-16-7-9-20-38(34)52-43(33)35)26-39-41(36)42-40(51-39)25-30-15-6-8-19-37(30)47-42/h1-26H. The van der Waals surface area contributed by atoms with E-state index in [1.807, 2.05) is 78.9 Å². The monoisotopic (exact) mass is 666 g/mol. The number of hydrogen-bond acceptors (Lipinski definition) is 6. The van der Waals surface area contributed by atoms with Crippen LogP contribution in [0.5, 0.6) is 0 Å². The molecule has 4 aromatic heterocycles. The van der Waals surface area contributed by atoms with Crippen LogP contribution in [0.15, 0.2) is 167 Å². The van der Waals surface area contributed by atoms with E-state index in [9.17, 15) is 0 Å². The van der Waals surface area contributed by atoms with Gasteiger partial charge in [-0.1, -0.05) is 121 Å². The third kappa shape index (κ3) is 4.51. The predicted molar refractivity (Wildman–Crippen MR) is 209 cm³/mol. The van der Waals surface area contributed by atoms with Gasteiger partial charge in [0.05, 0.1) is 10.9 Å². The smallest absolute Gasteiger partial charge is 0.164 e. The summed E-state index contributed by atoms with van der Waals surface area (Å²) in [5.41, 5.74) is 9.14. The molecule has 0 aliphatic carbocycles. The van der Waals surface area contributed by atoms with Gasteiger partial charge in [0.25, 0.3) is 0 Å². The molecule has 0 fully saturated rings. The van der Waals surface area contributed by atoms with Gasteiger partial charge in [-0.3, -0.25) is 0 Å². The molecule has 0 saturated heterocycles. The summed E-state index contributed by atoms with van der Waals surface area (Å²) in [6.45, 7) is 0. The molecule has 0 spiro atoms. The molecule has 6 nitrogen and oxygen atoms in total. The fourth-order valence-electron chi connectivity index (χ4n) is 7.39. The van der Waals surface area contributed by atoms with Gasteiger partial charge in [-0.2, -0.15) is 0 Å². The third-order valence-corrected chi connectivity index (χ3v) is 9.88. The molecule has 11 rings (SSSR count). The maximum Gasteiger partial charge on any atom is 0.164 e. The van der Waals surface area contributed by atoms with Crippen LogP contribution in [-0.4, -0.2) is 19.9 Å². The second-order valence-corrected chi connectivity index (χ2v) is 13.0. The van der Waals surface area contributed by atoms with Crippen LogP contribution >= 0.6 is 0 Å². The lowest BCUT2D eigenvalue weighted by atomic mass is 9.97. The fourth-order valence-corrected chi connectivity index (χ4v) is 7.39. The first-order valence-corrected chi connectivity index (χ1v) is 17.2. The van der Waals surface area contributed by atoms with Crippen LogP contribution < -0.4 is 0 Å². The number of para-hydroxylation sites is 3. The quantitative estimate of drug-likeness (QED) is 0.186. The van der Waals surface area contributed by atoms with Crippen LogP contribution in [0.1, 0.15) is 0 Å². The molecule has 0 radical (unpaired) electrons. The molecule has 11 aromatic rings. The molecule has 0 unspecified atom stereocenters. The Kier molecular flexibility index (Phi) is 6.15. The van der Waals surface area contributed by atoms with Gasteiger partial charge < -0.3 is 8.83 Å². The van der Waals surface area contributed by atoms with E-state index in [1.165, 1.54) is 0 Å². The van der Waals surface area contributed by atoms with Crippen molar-refractivity contribution in [2.75, 3.05) is 0 Å². The van der Waals surface area contributed by atoms with E-state index in [0.29, 0.717) is 28.6 Å². The van der Waals surface area contributed by atoms with Crippen molar-refractivity contribution in [3.63, 3.8) is 0 Å². The highest BCUT2D eigenvalue weighted by Crippen LogP contribution is 2.43. The number of benzene rings is 7. The van der Waals surface area contributed by atoms with E-state index in [0.717, 1.165) is 82.3 Å². The average Bonchev–Trinajstić information content (AvgIpc) is 3.77. The van der Waals surface area contributed by atoms with Crippen LogP contribution in [0.4, 0.5) is 0 Å². The number of aromatic nitrogens is 4. The third-order valence-electron chi connectivity index (χ3n) is 9.88. The molecule has 0 aliphatic rings. The molecule has 0 aliphatic heterocycles. The Morgan fingerprint density at radius 3 is 2.00 bits per heavy atom. The van der Waals surface area contributed by atoms with Gasteiger partial charge in [0.1, 0.15) is 22.3 Å². The lowest BCUT2D eigenvalue weighted by molar-refractivity contribution is 0.668. The summed E-state index contributed by atoms with van der Waals surface area (Å²) in [4.78, 5) is 20.6. The average molecular weight is 667 g/mol. The summed E-state index contributed by atoms with van der Waals surface area (Å²) < 4.78 is 13.2. The van der Waals surface area contributed by atoms with Crippen molar-refractivity contribution in [3.05, 3.63) is 158 Å². The van der Waals surface area contributed by atoms with Crippen LogP contribution in [0.2, 0.25) is 0 Å². The van der Waals surface area contributed by atoms with Gasteiger partial charge in [0.2, 0.25) is 0 Å². The topological polar surface area (TPSA) is 77.8 Å². The van der Waals surface area contributed by atoms with E-state index in [-0.39, 0.29) is 0 Å². The van der Waals surface area contributed by atoms with Crippen molar-refractivity contribution in [2.24, 2.45) is 0 Å². The maximum atomic E-state index is 6.67. The van der Waals surface area contributed by atoms with E-state index in [4.69, 9.17) is 28.8 Å². The van der Waals surface area contributed by atoms with Gasteiger partial charge in [-0.15, -0.1) is 0 Å². The maximum absolute atomic E-state index is 6.67. The van der Waals surface area contributed by atoms with E-state index < -0.39 is 0 Å². The van der Waals surface area contributed by atoms with Crippen LogP contribution in [0.25, 0.3) is 111 Å². The van der Waals surface area contributed by atoms with E-state index in [2.05, 4.69) is 78.9 Å². The van der Waals surface area contributed by atoms with Crippen molar-refractivity contribution >= 4 is 65.7 Å². The Labute approximate surface area is 296 Å². The predicted octanol–water partition coefficient (Wildman–Crippen LogP) is 12.0. The van der Waals surface area contributed by atoms with Gasteiger partial charge in [0.15, 0.2) is 23.1 Å². The first kappa shape index (κ1) is 28.6. The van der Waals surface area contributed by atoms with Crippen LogP contribution in [-0.2, 0) is 0 Å². The highest BCUT2D eigenvalue weighted by molar-refractivity contribution is 6.15. The molecule has 7 aromatic carbocycles. The molecule has 4 heterocycles. The molecule has 0 atom stereocenters. The van der Waals surface area contributed by atoms with Crippen molar-refractivity contribution in [2.45, 2.75) is 0 Å². The Morgan fingerprint density at radius 2 is 1.10 bits per heavy atom. The summed E-state index contributed by atoms with van der Waals surface area (Å²) in [5, 5.41) is 6.25. The van der Waals surface area contributed by atoms with Crippen LogP contribution in [0.3, 0.4) is 0 Å². The summed E-state index contributed by atoms with van der Waals surface area (Å²) in [6.07, 6.45) is 0. The lowest BCUT2D eigenvalue weighted by Crippen LogP contribution is -2.01. The Bertz CT molecular complexity index is 3200. The molecular weight excluding hydrogens is 641 g/mol. The number of furan rings is 2. The molecule has 0 N–H and O–H groups in total. The zero-order valence-electron chi connectivity index (χ0n) is 27.6. The number of pyridine rings is 1.